The molecule has 2 amide bonds. The first-order chi connectivity index (χ1) is 10.8. The van der Waals surface area contributed by atoms with Gasteiger partial charge in [0.1, 0.15) is 5.57 Å². The topological polar surface area (TPSA) is 113 Å². The van der Waals surface area contributed by atoms with Gasteiger partial charge in [-0.25, -0.2) is 0 Å². The van der Waals surface area contributed by atoms with Crippen LogP contribution in [0.5, 0.6) is 5.75 Å². The van der Waals surface area contributed by atoms with Gasteiger partial charge in [0.15, 0.2) is 10.9 Å². The Morgan fingerprint density at radius 1 is 1.43 bits per heavy atom. The van der Waals surface area contributed by atoms with Gasteiger partial charge in [-0.2, -0.15) is 0 Å². The Bertz CT molecular complexity index is 772. The zero-order valence-corrected chi connectivity index (χ0v) is 12.5. The number of phenolic OH excluding ortho intramolecular Hbond substituents is 1. The van der Waals surface area contributed by atoms with E-state index in [1.54, 1.807) is 0 Å². The van der Waals surface area contributed by atoms with Crippen LogP contribution in [0.1, 0.15) is 5.56 Å². The summed E-state index contributed by atoms with van der Waals surface area (Å²) in [6, 6.07) is 3.52. The molecule has 0 unspecified atom stereocenters. The molecule has 1 aromatic carbocycles. The number of aromatic hydroxyl groups is 1. The van der Waals surface area contributed by atoms with Crippen LogP contribution in [0.4, 0.5) is 5.69 Å². The van der Waals surface area contributed by atoms with E-state index in [9.17, 15) is 24.8 Å². The van der Waals surface area contributed by atoms with E-state index in [-0.39, 0.29) is 22.8 Å². The first-order valence-corrected chi connectivity index (χ1v) is 6.73. The van der Waals surface area contributed by atoms with Crippen molar-refractivity contribution in [3.8, 4) is 5.75 Å². The zero-order valence-electron chi connectivity index (χ0n) is 11.7. The monoisotopic (exact) mass is 333 g/mol. The van der Waals surface area contributed by atoms with Crippen molar-refractivity contribution >= 4 is 40.9 Å². The number of nitrogens with one attached hydrogen (secondary N) is 1. The van der Waals surface area contributed by atoms with Gasteiger partial charge in [-0.05, 0) is 29.9 Å². The zero-order chi connectivity index (χ0) is 17.1. The van der Waals surface area contributed by atoms with Crippen LogP contribution in [0, 0.1) is 10.1 Å². The smallest absolute Gasteiger partial charge is 0.311 e. The van der Waals surface area contributed by atoms with E-state index < -0.39 is 28.2 Å². The lowest BCUT2D eigenvalue weighted by atomic mass is 10.1. The molecule has 1 heterocycles. The number of phenols is 1. The molecule has 2 N–H and O–H groups in total. The molecule has 1 fully saturated rings. The van der Waals surface area contributed by atoms with Gasteiger partial charge in [0, 0.05) is 12.6 Å². The van der Waals surface area contributed by atoms with Gasteiger partial charge in [0.05, 0.1) is 4.92 Å². The molecule has 0 atom stereocenters. The van der Waals surface area contributed by atoms with E-state index in [4.69, 9.17) is 12.2 Å². The molecule has 8 nitrogen and oxygen atoms in total. The minimum Gasteiger partial charge on any atom is -0.502 e. The van der Waals surface area contributed by atoms with Crippen LogP contribution in [0.2, 0.25) is 0 Å². The Labute approximate surface area is 135 Å². The van der Waals surface area contributed by atoms with Crippen LogP contribution in [0.15, 0.2) is 36.4 Å². The third-order valence-corrected chi connectivity index (χ3v) is 3.33. The Kier molecular flexibility index (Phi) is 4.51. The third-order valence-electron chi connectivity index (χ3n) is 3.00. The van der Waals surface area contributed by atoms with Crippen LogP contribution >= 0.6 is 12.2 Å². The SMILES string of the molecule is C=CCN1C(=O)/C(=C/c2ccc(O)c([N+](=O)[O-])c2)C(=O)NC1=S. The van der Waals surface area contributed by atoms with Gasteiger partial charge in [-0.3, -0.25) is 29.9 Å². The fourth-order valence-electron chi connectivity index (χ4n) is 1.93. The van der Waals surface area contributed by atoms with Crippen molar-refractivity contribution < 1.29 is 19.6 Å². The highest BCUT2D eigenvalue weighted by molar-refractivity contribution is 7.80. The fraction of sp³-hybridized carbons (Fsp3) is 0.0714. The van der Waals surface area contributed by atoms with E-state index in [0.29, 0.717) is 0 Å². The van der Waals surface area contributed by atoms with Crippen molar-refractivity contribution in [3.05, 3.63) is 52.1 Å². The summed E-state index contributed by atoms with van der Waals surface area (Å²) < 4.78 is 0. The summed E-state index contributed by atoms with van der Waals surface area (Å²) in [5.41, 5.74) is -0.527. The largest absolute Gasteiger partial charge is 0.502 e. The highest BCUT2D eigenvalue weighted by Gasteiger charge is 2.32. The van der Waals surface area contributed by atoms with Crippen LogP contribution in [-0.2, 0) is 9.59 Å². The normalized spacial score (nSPS) is 16.4. The van der Waals surface area contributed by atoms with E-state index in [1.165, 1.54) is 18.2 Å². The van der Waals surface area contributed by atoms with E-state index in [1.807, 2.05) is 0 Å². The van der Waals surface area contributed by atoms with Crippen molar-refractivity contribution in [2.75, 3.05) is 6.54 Å². The molecular formula is C14H11N3O5S. The lowest BCUT2D eigenvalue weighted by Crippen LogP contribution is -2.53. The van der Waals surface area contributed by atoms with Crippen molar-refractivity contribution in [1.29, 1.82) is 0 Å². The van der Waals surface area contributed by atoms with Gasteiger partial charge in [-0.1, -0.05) is 12.1 Å². The molecule has 0 aromatic heterocycles. The van der Waals surface area contributed by atoms with Gasteiger partial charge < -0.3 is 5.11 Å². The Balaban J connectivity index is 2.44. The Hall–Kier alpha value is -3.07. The maximum Gasteiger partial charge on any atom is 0.311 e. The van der Waals surface area contributed by atoms with E-state index in [0.717, 1.165) is 17.0 Å². The first-order valence-electron chi connectivity index (χ1n) is 6.32. The first kappa shape index (κ1) is 16.3. The molecule has 0 spiro atoms. The Morgan fingerprint density at radius 3 is 2.74 bits per heavy atom. The van der Waals surface area contributed by atoms with E-state index in [2.05, 4.69) is 11.9 Å². The molecule has 1 aromatic rings. The molecule has 0 bridgehead atoms. The number of hydrogen-bond acceptors (Lipinski definition) is 6. The molecule has 0 saturated carbocycles. The second-order valence-electron chi connectivity index (χ2n) is 4.53. The van der Waals surface area contributed by atoms with E-state index >= 15 is 0 Å². The van der Waals surface area contributed by atoms with Crippen molar-refractivity contribution in [1.82, 2.24) is 10.2 Å². The predicted molar refractivity (Wildman–Crippen MR) is 85.4 cm³/mol. The number of nitro benzene ring substituents is 1. The Morgan fingerprint density at radius 2 is 2.13 bits per heavy atom. The number of carbonyl (C=O) groups is 2. The molecule has 2 rings (SSSR count). The van der Waals surface area contributed by atoms with Crippen molar-refractivity contribution in [2.45, 2.75) is 0 Å². The number of nitrogens with zero attached hydrogens (tertiary/aromatic N) is 2. The number of carbonyl (C=O) groups excluding carboxylic acids is 2. The van der Waals surface area contributed by atoms with Crippen molar-refractivity contribution in [2.24, 2.45) is 0 Å². The average molecular weight is 333 g/mol. The van der Waals surface area contributed by atoms with Gasteiger partial charge >= 0.3 is 5.69 Å². The summed E-state index contributed by atoms with van der Waals surface area (Å²) in [5.74, 6) is -1.84. The number of benzene rings is 1. The fourth-order valence-corrected chi connectivity index (χ4v) is 2.18. The summed E-state index contributed by atoms with van der Waals surface area (Å²) in [7, 11) is 0. The molecule has 118 valence electrons. The molecule has 23 heavy (non-hydrogen) atoms. The van der Waals surface area contributed by atoms with Crippen molar-refractivity contribution in [3.63, 3.8) is 0 Å². The lowest BCUT2D eigenvalue weighted by Gasteiger charge is -2.27. The lowest BCUT2D eigenvalue weighted by molar-refractivity contribution is -0.385. The number of nitro groups is 1. The molecular weight excluding hydrogens is 322 g/mol. The number of thiocarbonyl (C=S) groups is 1. The van der Waals surface area contributed by atoms with Gasteiger partial charge in [0.2, 0.25) is 0 Å². The maximum absolute atomic E-state index is 12.3. The summed E-state index contributed by atoms with van der Waals surface area (Å²) in [6.07, 6.45) is 2.65. The minimum atomic E-state index is -0.765. The molecule has 0 radical (unpaired) electrons. The highest BCUT2D eigenvalue weighted by atomic mass is 32.1. The molecule has 1 saturated heterocycles. The number of rotatable bonds is 4. The average Bonchev–Trinajstić information content (AvgIpc) is 2.49. The quantitative estimate of drug-likeness (QED) is 0.213. The molecule has 0 aliphatic carbocycles. The summed E-state index contributed by atoms with van der Waals surface area (Å²) >= 11 is 4.91. The number of hydrogen-bond donors (Lipinski definition) is 2. The third kappa shape index (κ3) is 3.24. The van der Waals surface area contributed by atoms with Crippen LogP contribution in [-0.4, -0.2) is 38.4 Å². The summed E-state index contributed by atoms with van der Waals surface area (Å²) in [6.45, 7) is 3.62. The van der Waals surface area contributed by atoms with Gasteiger partial charge in [0.25, 0.3) is 11.8 Å². The van der Waals surface area contributed by atoms with Gasteiger partial charge in [-0.15, -0.1) is 6.58 Å². The minimum absolute atomic E-state index is 0.0336. The summed E-state index contributed by atoms with van der Waals surface area (Å²) in [5, 5.41) is 22.6. The van der Waals surface area contributed by atoms with Crippen LogP contribution in [0.25, 0.3) is 6.08 Å². The second kappa shape index (κ2) is 6.36. The van der Waals surface area contributed by atoms with Crippen LogP contribution in [0.3, 0.4) is 0 Å². The molecule has 9 heteroatoms. The predicted octanol–water partition coefficient (Wildman–Crippen LogP) is 1.11. The van der Waals surface area contributed by atoms with Crippen LogP contribution < -0.4 is 5.32 Å². The standard InChI is InChI=1S/C14H11N3O5S/c1-2-5-16-13(20)9(12(19)15-14(16)23)6-8-3-4-11(18)10(7-8)17(21)22/h2-4,6-7,18H,1,5H2,(H,15,19,23)/b9-6+. The molecule has 1 aliphatic rings. The maximum atomic E-state index is 12.3. The molecule has 1 aliphatic heterocycles. The summed E-state index contributed by atoms with van der Waals surface area (Å²) in [4.78, 5) is 35.4. The second-order valence-corrected chi connectivity index (χ2v) is 4.91. The number of amides is 2. The highest BCUT2D eigenvalue weighted by Crippen LogP contribution is 2.27.